The quantitative estimate of drug-likeness (QED) is 0.593. The van der Waals surface area contributed by atoms with Gasteiger partial charge in [-0.15, -0.1) is 0 Å². The average Bonchev–Trinajstić information content (AvgIpc) is 2.84. The molecule has 2 fully saturated rings. The van der Waals surface area contributed by atoms with Crippen LogP contribution in [0, 0.1) is 5.92 Å². The van der Waals surface area contributed by atoms with Gasteiger partial charge in [0.1, 0.15) is 17.7 Å². The van der Waals surface area contributed by atoms with Gasteiger partial charge in [-0.05, 0) is 88.4 Å². The molecule has 3 heterocycles. The fraction of sp³-hybridized carbons (Fsp3) is 0.560. The largest absolute Gasteiger partial charge is 0.490 e. The minimum atomic E-state index is -0.0958. The number of carbonyl (C=O) groups is 2. The van der Waals surface area contributed by atoms with Gasteiger partial charge in [-0.3, -0.25) is 9.59 Å². The SMILES string of the molecule is CCOC(=O)C1CCN(CCC(=O)Nc2cc3cc(OC4CCNCC4)ccc3cn2)CC1. The average molecular weight is 455 g/mol. The molecule has 33 heavy (non-hydrogen) atoms. The summed E-state index contributed by atoms with van der Waals surface area (Å²) in [5.41, 5.74) is 0. The molecule has 8 heteroatoms. The van der Waals surface area contributed by atoms with Crippen molar-refractivity contribution in [2.45, 2.75) is 45.1 Å². The van der Waals surface area contributed by atoms with E-state index in [2.05, 4.69) is 20.5 Å². The molecule has 2 saturated heterocycles. The van der Waals surface area contributed by atoms with E-state index < -0.39 is 0 Å². The number of ether oxygens (including phenoxy) is 2. The van der Waals surface area contributed by atoms with Gasteiger partial charge < -0.3 is 25.0 Å². The summed E-state index contributed by atoms with van der Waals surface area (Å²) in [5, 5.41) is 8.27. The van der Waals surface area contributed by atoms with Crippen molar-refractivity contribution in [1.29, 1.82) is 0 Å². The van der Waals surface area contributed by atoms with E-state index in [9.17, 15) is 9.59 Å². The molecule has 0 aliphatic carbocycles. The lowest BCUT2D eigenvalue weighted by atomic mass is 9.97. The van der Waals surface area contributed by atoms with Crippen LogP contribution in [0.3, 0.4) is 0 Å². The van der Waals surface area contributed by atoms with Crippen molar-refractivity contribution >= 4 is 28.5 Å². The minimum Gasteiger partial charge on any atom is -0.490 e. The number of rotatable bonds is 8. The number of benzene rings is 1. The van der Waals surface area contributed by atoms with Crippen LogP contribution in [0.1, 0.15) is 39.0 Å². The summed E-state index contributed by atoms with van der Waals surface area (Å²) in [6.45, 7) is 6.52. The Balaban J connectivity index is 1.26. The summed E-state index contributed by atoms with van der Waals surface area (Å²) in [4.78, 5) is 31.0. The van der Waals surface area contributed by atoms with Crippen molar-refractivity contribution < 1.29 is 19.1 Å². The number of hydrogen-bond acceptors (Lipinski definition) is 7. The summed E-state index contributed by atoms with van der Waals surface area (Å²) >= 11 is 0. The Morgan fingerprint density at radius 1 is 1.12 bits per heavy atom. The summed E-state index contributed by atoms with van der Waals surface area (Å²) in [6, 6.07) is 7.90. The fourth-order valence-corrected chi connectivity index (χ4v) is 4.48. The standard InChI is InChI=1S/C25H34N4O4/c1-2-32-25(31)18-7-12-29(13-8-18)14-9-24(30)28-23-16-20-15-22(4-3-19(20)17-27-23)33-21-5-10-26-11-6-21/h3-4,15-18,21,26H,2,5-14H2,1H3,(H,27,28,30). The number of fused-ring (bicyclic) bond motifs is 1. The van der Waals surface area contributed by atoms with Gasteiger partial charge in [0.15, 0.2) is 0 Å². The molecule has 0 bridgehead atoms. The molecule has 2 N–H and O–H groups in total. The number of piperidine rings is 2. The summed E-state index contributed by atoms with van der Waals surface area (Å²) in [5.74, 6) is 1.23. The van der Waals surface area contributed by atoms with Crippen LogP contribution in [-0.4, -0.2) is 67.2 Å². The molecule has 2 aliphatic rings. The Morgan fingerprint density at radius 2 is 1.91 bits per heavy atom. The van der Waals surface area contributed by atoms with Gasteiger partial charge in [0, 0.05) is 24.5 Å². The van der Waals surface area contributed by atoms with Gasteiger partial charge in [0.05, 0.1) is 12.5 Å². The maximum absolute atomic E-state index is 12.5. The monoisotopic (exact) mass is 454 g/mol. The summed E-state index contributed by atoms with van der Waals surface area (Å²) in [7, 11) is 0. The third-order valence-corrected chi connectivity index (χ3v) is 6.41. The summed E-state index contributed by atoms with van der Waals surface area (Å²) in [6.07, 6.45) is 6.00. The van der Waals surface area contributed by atoms with Crippen LogP contribution in [0.25, 0.3) is 10.8 Å². The first-order valence-corrected chi connectivity index (χ1v) is 12.1. The molecule has 1 amide bonds. The number of aromatic nitrogens is 1. The Kier molecular flexibility index (Phi) is 8.12. The van der Waals surface area contributed by atoms with Crippen molar-refractivity contribution in [3.63, 3.8) is 0 Å². The Morgan fingerprint density at radius 3 is 2.67 bits per heavy atom. The van der Waals surface area contributed by atoms with Crippen LogP contribution in [0.2, 0.25) is 0 Å². The number of nitrogens with zero attached hydrogens (tertiary/aromatic N) is 2. The van der Waals surface area contributed by atoms with Gasteiger partial charge in [-0.1, -0.05) is 0 Å². The molecule has 8 nitrogen and oxygen atoms in total. The molecule has 2 aromatic rings. The van der Waals surface area contributed by atoms with E-state index in [4.69, 9.17) is 9.47 Å². The van der Waals surface area contributed by atoms with Crippen molar-refractivity contribution in [2.24, 2.45) is 5.92 Å². The smallest absolute Gasteiger partial charge is 0.309 e. The lowest BCUT2D eigenvalue weighted by Crippen LogP contribution is -2.38. The highest BCUT2D eigenvalue weighted by atomic mass is 16.5. The molecule has 0 radical (unpaired) electrons. The van der Waals surface area contributed by atoms with Gasteiger partial charge in [-0.2, -0.15) is 0 Å². The van der Waals surface area contributed by atoms with Crippen LogP contribution in [-0.2, 0) is 14.3 Å². The van der Waals surface area contributed by atoms with E-state index >= 15 is 0 Å². The first kappa shape index (κ1) is 23.4. The van der Waals surface area contributed by atoms with Gasteiger partial charge >= 0.3 is 5.97 Å². The molecule has 2 aliphatic heterocycles. The van der Waals surface area contributed by atoms with Gasteiger partial charge in [0.25, 0.3) is 0 Å². The van der Waals surface area contributed by atoms with Crippen molar-refractivity contribution in [1.82, 2.24) is 15.2 Å². The number of likely N-dealkylation sites (tertiary alicyclic amines) is 1. The lowest BCUT2D eigenvalue weighted by Gasteiger charge is -2.30. The van der Waals surface area contributed by atoms with E-state index in [1.165, 1.54) is 0 Å². The number of nitrogens with one attached hydrogen (secondary N) is 2. The van der Waals surface area contributed by atoms with Crippen LogP contribution in [0.5, 0.6) is 5.75 Å². The predicted molar refractivity (Wildman–Crippen MR) is 127 cm³/mol. The number of pyridine rings is 1. The molecule has 4 rings (SSSR count). The van der Waals surface area contributed by atoms with Gasteiger partial charge in [0.2, 0.25) is 5.91 Å². The predicted octanol–water partition coefficient (Wildman–Crippen LogP) is 2.97. The maximum atomic E-state index is 12.5. The first-order valence-electron chi connectivity index (χ1n) is 12.1. The lowest BCUT2D eigenvalue weighted by molar-refractivity contribution is -0.149. The highest BCUT2D eigenvalue weighted by molar-refractivity contribution is 5.93. The molecule has 0 spiro atoms. The third kappa shape index (κ3) is 6.65. The van der Waals surface area contributed by atoms with Crippen LogP contribution < -0.4 is 15.4 Å². The number of amides is 1. The molecule has 1 aromatic carbocycles. The second kappa shape index (κ2) is 11.4. The van der Waals surface area contributed by atoms with Crippen LogP contribution >= 0.6 is 0 Å². The fourth-order valence-electron chi connectivity index (χ4n) is 4.48. The Labute approximate surface area is 195 Å². The maximum Gasteiger partial charge on any atom is 0.309 e. The first-order chi connectivity index (χ1) is 16.1. The van der Waals surface area contributed by atoms with Gasteiger partial charge in [-0.25, -0.2) is 4.98 Å². The second-order valence-electron chi connectivity index (χ2n) is 8.81. The molecule has 0 atom stereocenters. The van der Waals surface area contributed by atoms with Crippen molar-refractivity contribution in [3.8, 4) is 5.75 Å². The number of carbonyl (C=O) groups excluding carboxylic acids is 2. The Hall–Kier alpha value is -2.71. The molecule has 0 unspecified atom stereocenters. The topological polar surface area (TPSA) is 92.8 Å². The minimum absolute atomic E-state index is 0.0134. The molecular formula is C25H34N4O4. The van der Waals surface area contributed by atoms with E-state index in [0.29, 0.717) is 25.4 Å². The van der Waals surface area contributed by atoms with E-state index in [1.54, 1.807) is 6.20 Å². The number of hydrogen-bond donors (Lipinski definition) is 2. The van der Waals surface area contributed by atoms with E-state index in [1.807, 2.05) is 31.2 Å². The van der Waals surface area contributed by atoms with E-state index in [0.717, 1.165) is 68.4 Å². The zero-order valence-corrected chi connectivity index (χ0v) is 19.3. The highest BCUT2D eigenvalue weighted by Crippen LogP contribution is 2.25. The van der Waals surface area contributed by atoms with Crippen molar-refractivity contribution in [3.05, 3.63) is 30.5 Å². The zero-order valence-electron chi connectivity index (χ0n) is 19.3. The third-order valence-electron chi connectivity index (χ3n) is 6.41. The highest BCUT2D eigenvalue weighted by Gasteiger charge is 2.26. The molecule has 1 aromatic heterocycles. The van der Waals surface area contributed by atoms with Crippen LogP contribution in [0.15, 0.2) is 30.5 Å². The van der Waals surface area contributed by atoms with Crippen molar-refractivity contribution in [2.75, 3.05) is 44.6 Å². The summed E-state index contributed by atoms with van der Waals surface area (Å²) < 4.78 is 11.3. The number of anilines is 1. The number of esters is 1. The van der Waals surface area contributed by atoms with E-state index in [-0.39, 0.29) is 23.9 Å². The molecule has 0 saturated carbocycles. The molecule has 178 valence electrons. The second-order valence-corrected chi connectivity index (χ2v) is 8.81. The zero-order chi connectivity index (χ0) is 23.0. The van der Waals surface area contributed by atoms with Crippen LogP contribution in [0.4, 0.5) is 5.82 Å². The molecular weight excluding hydrogens is 420 g/mol. The Bertz CT molecular complexity index is 953. The normalized spacial score (nSPS) is 18.2.